The molecule has 0 radical (unpaired) electrons. The summed E-state index contributed by atoms with van der Waals surface area (Å²) in [6, 6.07) is 7.33. The van der Waals surface area contributed by atoms with Crippen LogP contribution in [-0.4, -0.2) is 36.1 Å². The van der Waals surface area contributed by atoms with Gasteiger partial charge >= 0.3 is 0 Å². The molecule has 2 N–H and O–H groups in total. The van der Waals surface area contributed by atoms with Crippen LogP contribution >= 0.6 is 0 Å². The highest BCUT2D eigenvalue weighted by Gasteiger charge is 2.14. The number of halogens is 2. The van der Waals surface area contributed by atoms with Crippen LogP contribution in [0.5, 0.6) is 11.5 Å². The maximum Gasteiger partial charge on any atom is 0.269 e. The van der Waals surface area contributed by atoms with E-state index >= 15 is 0 Å². The van der Waals surface area contributed by atoms with Crippen LogP contribution in [0.4, 0.5) is 0 Å². The van der Waals surface area contributed by atoms with Crippen LogP contribution < -0.4 is 66.6 Å². The minimum Gasteiger partial charge on any atom is -1.00 e. The minimum atomic E-state index is 0. The van der Waals surface area contributed by atoms with Crippen molar-refractivity contribution in [3.05, 3.63) is 48.0 Å². The molecule has 0 aromatic carbocycles. The van der Waals surface area contributed by atoms with Gasteiger partial charge in [-0.1, -0.05) is 10.3 Å². The zero-order valence-corrected chi connectivity index (χ0v) is 19.3. The van der Waals surface area contributed by atoms with Gasteiger partial charge in [-0.05, 0) is 12.1 Å². The first-order valence-electron chi connectivity index (χ1n) is 7.75. The van der Waals surface area contributed by atoms with E-state index in [9.17, 15) is 0 Å². The first kappa shape index (κ1) is 25.3. The van der Waals surface area contributed by atoms with Gasteiger partial charge in [0.05, 0.1) is 13.2 Å². The lowest BCUT2D eigenvalue weighted by atomic mass is 10.3. The van der Waals surface area contributed by atoms with Crippen LogP contribution in [0.1, 0.15) is 17.8 Å². The topological polar surface area (TPSA) is 91.4 Å². The van der Waals surface area contributed by atoms with E-state index in [1.54, 1.807) is 9.13 Å². The van der Waals surface area contributed by atoms with Crippen molar-refractivity contribution in [2.45, 2.75) is 6.42 Å². The number of nitrogens with zero attached hydrogens (tertiary/aromatic N) is 4. The molecule has 27 heavy (non-hydrogen) atoms. The monoisotopic (exact) mass is 600 g/mol. The van der Waals surface area contributed by atoms with Crippen molar-refractivity contribution in [1.82, 2.24) is 0 Å². The molecule has 0 amide bonds. The van der Waals surface area contributed by atoms with Gasteiger partial charge in [0.2, 0.25) is 0 Å². The highest BCUT2D eigenvalue weighted by Crippen LogP contribution is 2.14. The number of hydrogen-bond acceptors (Lipinski definition) is 6. The molecule has 0 aliphatic carbocycles. The molecule has 8 nitrogen and oxygen atoms in total. The van der Waals surface area contributed by atoms with Crippen molar-refractivity contribution < 1.29 is 77.0 Å². The first-order valence-corrected chi connectivity index (χ1v) is 7.75. The first-order chi connectivity index (χ1) is 12.2. The molecule has 2 aromatic heterocycles. The third-order valence-corrected chi connectivity index (χ3v) is 3.54. The molecule has 2 rings (SSSR count). The molecule has 0 aliphatic heterocycles. The Morgan fingerprint density at radius 3 is 1.63 bits per heavy atom. The van der Waals surface area contributed by atoms with E-state index in [2.05, 4.69) is 10.3 Å². The van der Waals surface area contributed by atoms with Crippen LogP contribution in [-0.2, 0) is 14.1 Å². The summed E-state index contributed by atoms with van der Waals surface area (Å²) in [5.41, 5.74) is 1.34. The molecular weight excluding hydrogens is 578 g/mol. The Hall–Kier alpha value is -1.70. The number of rotatable bonds is 8. The molecular formula is C17H22I2N4O4. The van der Waals surface area contributed by atoms with E-state index in [1.807, 2.05) is 50.8 Å². The van der Waals surface area contributed by atoms with E-state index in [0.717, 1.165) is 0 Å². The molecule has 0 unspecified atom stereocenters. The fourth-order valence-electron chi connectivity index (χ4n) is 2.28. The molecule has 10 heteroatoms. The lowest BCUT2D eigenvalue weighted by molar-refractivity contribution is -0.672. The van der Waals surface area contributed by atoms with Crippen molar-refractivity contribution in [2.75, 3.05) is 13.2 Å². The Bertz CT molecular complexity index is 709. The second-order valence-corrected chi connectivity index (χ2v) is 5.28. The number of pyridine rings is 2. The van der Waals surface area contributed by atoms with E-state index < -0.39 is 0 Å². The molecule has 0 spiro atoms. The van der Waals surface area contributed by atoms with Gasteiger partial charge in [-0.2, -0.15) is 9.13 Å². The number of oxime groups is 2. The van der Waals surface area contributed by atoms with Crippen LogP contribution in [0.25, 0.3) is 0 Å². The fraction of sp³-hybridized carbons (Fsp3) is 0.294. The predicted molar refractivity (Wildman–Crippen MR) is 89.6 cm³/mol. The Kier molecular flexibility index (Phi) is 12.6. The van der Waals surface area contributed by atoms with Crippen molar-refractivity contribution in [3.8, 4) is 11.5 Å². The van der Waals surface area contributed by atoms with Crippen molar-refractivity contribution >= 4 is 12.4 Å². The third kappa shape index (κ3) is 7.44. The number of aryl methyl sites for hydroxylation is 2. The summed E-state index contributed by atoms with van der Waals surface area (Å²) in [7, 11) is 3.68. The van der Waals surface area contributed by atoms with E-state index in [4.69, 9.17) is 19.9 Å². The smallest absolute Gasteiger partial charge is 0.269 e. The molecule has 0 saturated heterocycles. The lowest BCUT2D eigenvalue weighted by Gasteiger charge is -2.09. The van der Waals surface area contributed by atoms with Crippen molar-refractivity contribution in [1.29, 1.82) is 0 Å². The molecule has 0 aliphatic rings. The van der Waals surface area contributed by atoms with Crippen LogP contribution in [0, 0.1) is 0 Å². The molecule has 0 bridgehead atoms. The van der Waals surface area contributed by atoms with Gasteiger partial charge in [0.15, 0.2) is 23.9 Å². The molecule has 0 fully saturated rings. The quantitative estimate of drug-likeness (QED) is 0.0793. The van der Waals surface area contributed by atoms with Crippen molar-refractivity contribution in [3.63, 3.8) is 0 Å². The molecule has 148 valence electrons. The lowest BCUT2D eigenvalue weighted by Crippen LogP contribution is -3.00. The van der Waals surface area contributed by atoms with E-state index in [1.165, 1.54) is 12.4 Å². The van der Waals surface area contributed by atoms with Gasteiger partial charge in [-0.15, -0.1) is 0 Å². The minimum absolute atomic E-state index is 0. The van der Waals surface area contributed by atoms with Crippen LogP contribution in [0.15, 0.2) is 47.0 Å². The van der Waals surface area contributed by atoms with Gasteiger partial charge in [0.25, 0.3) is 11.4 Å². The summed E-state index contributed by atoms with van der Waals surface area (Å²) in [6.07, 6.45) is 6.99. The largest absolute Gasteiger partial charge is 1.00 e. The van der Waals surface area contributed by atoms with E-state index in [0.29, 0.717) is 42.5 Å². The number of hydrogen-bond donors (Lipinski definition) is 2. The zero-order chi connectivity index (χ0) is 18.1. The number of aromatic nitrogens is 2. The van der Waals surface area contributed by atoms with Crippen LogP contribution in [0.2, 0.25) is 0 Å². The summed E-state index contributed by atoms with van der Waals surface area (Å²) < 4.78 is 15.1. The SMILES string of the molecule is C[n+]1cccc(OCCCOc2ccc[n+](C)c2/C=N\O)c1/C=N\O.[I-].[I-]. The fourth-order valence-corrected chi connectivity index (χ4v) is 2.28. The van der Waals surface area contributed by atoms with Gasteiger partial charge in [0, 0.05) is 18.6 Å². The zero-order valence-electron chi connectivity index (χ0n) is 15.0. The Morgan fingerprint density at radius 1 is 0.852 bits per heavy atom. The highest BCUT2D eigenvalue weighted by atomic mass is 127. The standard InChI is InChI=1S/C17H20N4O4.2HI/c1-20-8-3-6-16(14(20)12-18-22)24-10-5-11-25-17-7-4-9-21(2)15(17)13-19-23;;/h3-4,6-9,12-13H,5,10-11H2,1-2H3;2*1H. The molecule has 0 saturated carbocycles. The molecule has 2 aromatic rings. The van der Waals surface area contributed by atoms with Gasteiger partial charge in [-0.25, -0.2) is 0 Å². The Morgan fingerprint density at radius 2 is 1.26 bits per heavy atom. The highest BCUT2D eigenvalue weighted by molar-refractivity contribution is 5.78. The average molecular weight is 600 g/mol. The van der Waals surface area contributed by atoms with Gasteiger partial charge < -0.3 is 67.8 Å². The van der Waals surface area contributed by atoms with Crippen LogP contribution in [0.3, 0.4) is 0 Å². The Labute approximate surface area is 192 Å². The summed E-state index contributed by atoms with van der Waals surface area (Å²) >= 11 is 0. The van der Waals surface area contributed by atoms with Crippen molar-refractivity contribution in [2.24, 2.45) is 24.4 Å². The van der Waals surface area contributed by atoms with Gasteiger partial charge in [0.1, 0.15) is 26.5 Å². The second kappa shape index (κ2) is 13.5. The molecule has 0 atom stereocenters. The summed E-state index contributed by atoms with van der Waals surface area (Å²) in [4.78, 5) is 0. The molecule has 2 heterocycles. The third-order valence-electron chi connectivity index (χ3n) is 3.54. The second-order valence-electron chi connectivity index (χ2n) is 5.28. The summed E-state index contributed by atoms with van der Waals surface area (Å²) in [5, 5.41) is 23.6. The maximum absolute atomic E-state index is 8.75. The summed E-state index contributed by atoms with van der Waals surface area (Å²) in [5.74, 6) is 1.25. The Balaban J connectivity index is 0.00000338. The van der Waals surface area contributed by atoms with Gasteiger partial charge in [-0.3, -0.25) is 0 Å². The maximum atomic E-state index is 8.75. The predicted octanol–water partition coefficient (Wildman–Crippen LogP) is -5.19. The van der Waals surface area contributed by atoms with E-state index in [-0.39, 0.29) is 48.0 Å². The summed E-state index contributed by atoms with van der Waals surface area (Å²) in [6.45, 7) is 0.886. The normalized spacial score (nSPS) is 10.4. The number of ether oxygens (including phenoxy) is 2. The average Bonchev–Trinajstić information content (AvgIpc) is 2.60.